The molecule has 1 aromatic heterocycles. The average molecular weight is 332 g/mol. The van der Waals surface area contributed by atoms with E-state index in [2.05, 4.69) is 15.0 Å². The fourth-order valence-corrected chi connectivity index (χ4v) is 2.47. The van der Waals surface area contributed by atoms with Crippen molar-refractivity contribution >= 4 is 11.6 Å². The van der Waals surface area contributed by atoms with Gasteiger partial charge in [0.05, 0.1) is 18.8 Å². The number of hydrogen-bond donors (Lipinski definition) is 3. The normalized spacial score (nSPS) is 25.7. The molecule has 1 fully saturated rings. The smallest absolute Gasteiger partial charge is 0.330 e. The van der Waals surface area contributed by atoms with Crippen LogP contribution in [0.25, 0.3) is 10.4 Å². The van der Waals surface area contributed by atoms with Crippen LogP contribution in [0.5, 0.6) is 0 Å². The molecular weight excluding hydrogens is 318 g/mol. The van der Waals surface area contributed by atoms with Crippen molar-refractivity contribution in [2.45, 2.75) is 30.9 Å². The molecule has 120 valence electrons. The van der Waals surface area contributed by atoms with Crippen molar-refractivity contribution in [3.8, 4) is 0 Å². The van der Waals surface area contributed by atoms with E-state index in [1.54, 1.807) is 0 Å². The summed E-state index contributed by atoms with van der Waals surface area (Å²) in [6, 6.07) is -0.942. The number of H-pyrrole nitrogens is 1. The Bertz CT molecular complexity index is 697. The van der Waals surface area contributed by atoms with Crippen LogP contribution in [-0.4, -0.2) is 44.5 Å². The molecule has 0 aliphatic carbocycles. The monoisotopic (exact) mass is 331 g/mol. The van der Waals surface area contributed by atoms with Crippen LogP contribution in [0.3, 0.4) is 0 Å². The Balaban J connectivity index is 2.43. The third kappa shape index (κ3) is 3.16. The first-order valence-electron chi connectivity index (χ1n) is 6.41. The summed E-state index contributed by atoms with van der Waals surface area (Å²) in [6.45, 7) is -0.397. The molecule has 1 aromatic rings. The molecule has 1 saturated heterocycles. The number of hydrogen-bond acceptors (Lipinski definition) is 6. The van der Waals surface area contributed by atoms with E-state index >= 15 is 0 Å². The quantitative estimate of drug-likeness (QED) is 0.294. The number of halogens is 1. The van der Waals surface area contributed by atoms with E-state index < -0.39 is 42.3 Å². The predicted octanol–water partition coefficient (Wildman–Crippen LogP) is -0.233. The minimum absolute atomic E-state index is 0.0120. The first-order valence-corrected chi connectivity index (χ1v) is 6.95. The molecule has 1 aliphatic heterocycles. The number of aliphatic hydroxyl groups is 2. The van der Waals surface area contributed by atoms with Gasteiger partial charge in [0, 0.05) is 29.0 Å². The van der Waals surface area contributed by atoms with E-state index in [9.17, 15) is 14.7 Å². The van der Waals surface area contributed by atoms with Gasteiger partial charge in [-0.2, -0.15) is 0 Å². The van der Waals surface area contributed by atoms with Gasteiger partial charge in [-0.05, 0) is 5.53 Å². The van der Waals surface area contributed by atoms with Crippen molar-refractivity contribution in [2.75, 3.05) is 12.5 Å². The van der Waals surface area contributed by atoms with Gasteiger partial charge in [-0.25, -0.2) is 4.79 Å². The number of azide groups is 1. The fourth-order valence-electron chi connectivity index (χ4n) is 2.24. The second kappa shape index (κ2) is 6.95. The maximum absolute atomic E-state index is 11.9. The minimum Gasteiger partial charge on any atom is -0.394 e. The first-order chi connectivity index (χ1) is 10.5. The van der Waals surface area contributed by atoms with E-state index in [-0.39, 0.29) is 17.9 Å². The molecule has 2 heterocycles. The van der Waals surface area contributed by atoms with Crippen LogP contribution in [0.1, 0.15) is 24.3 Å². The molecule has 11 heteroatoms. The summed E-state index contributed by atoms with van der Waals surface area (Å²) in [5.74, 6) is -0.140. The summed E-state index contributed by atoms with van der Waals surface area (Å²) in [7, 11) is 0. The van der Waals surface area contributed by atoms with E-state index in [4.69, 9.17) is 27.0 Å². The first kappa shape index (κ1) is 16.5. The molecule has 10 nitrogen and oxygen atoms in total. The van der Waals surface area contributed by atoms with Crippen LogP contribution in [0.2, 0.25) is 0 Å². The Morgan fingerprint density at radius 3 is 2.91 bits per heavy atom. The van der Waals surface area contributed by atoms with Gasteiger partial charge in [-0.3, -0.25) is 14.3 Å². The highest BCUT2D eigenvalue weighted by Gasteiger charge is 2.35. The van der Waals surface area contributed by atoms with E-state index in [0.29, 0.717) is 0 Å². The van der Waals surface area contributed by atoms with Gasteiger partial charge in [-0.1, -0.05) is 5.11 Å². The van der Waals surface area contributed by atoms with Crippen LogP contribution >= 0.6 is 11.6 Å². The van der Waals surface area contributed by atoms with Gasteiger partial charge in [0.15, 0.2) is 0 Å². The summed E-state index contributed by atoms with van der Waals surface area (Å²) in [5, 5.41) is 22.2. The van der Waals surface area contributed by atoms with Crippen molar-refractivity contribution in [1.82, 2.24) is 9.55 Å². The zero-order chi connectivity index (χ0) is 16.3. The van der Waals surface area contributed by atoms with Crippen molar-refractivity contribution < 1.29 is 14.9 Å². The van der Waals surface area contributed by atoms with Crippen molar-refractivity contribution in [3.05, 3.63) is 43.0 Å². The molecule has 0 bridgehead atoms. The second-order valence-electron chi connectivity index (χ2n) is 4.74. The highest BCUT2D eigenvalue weighted by molar-refractivity contribution is 6.18. The molecule has 0 saturated carbocycles. The zero-order valence-corrected chi connectivity index (χ0v) is 12.0. The highest BCUT2D eigenvalue weighted by atomic mass is 35.5. The predicted molar refractivity (Wildman–Crippen MR) is 75.5 cm³/mol. The van der Waals surface area contributed by atoms with E-state index in [0.717, 1.165) is 4.57 Å². The standard InChI is InChI=1S/C11H14ClN5O5/c12-2-6(15-16-13)5-3-17(11(21)14-10(5)20)9-1-7(19)8(4-18)22-9/h3,6-9,18-19H,1-2,4H2,(H,14,20,21)/t6?,7-,8+,9+/m0/s1. The molecule has 0 amide bonds. The molecule has 2 rings (SSSR count). The Morgan fingerprint density at radius 1 is 1.64 bits per heavy atom. The lowest BCUT2D eigenvalue weighted by molar-refractivity contribution is -0.0460. The summed E-state index contributed by atoms with van der Waals surface area (Å²) in [4.78, 5) is 28.4. The molecule has 1 unspecified atom stereocenters. The molecule has 22 heavy (non-hydrogen) atoms. The molecule has 3 N–H and O–H groups in total. The zero-order valence-electron chi connectivity index (χ0n) is 11.3. The van der Waals surface area contributed by atoms with Gasteiger partial charge >= 0.3 is 5.69 Å². The van der Waals surface area contributed by atoms with Gasteiger partial charge in [-0.15, -0.1) is 11.6 Å². The molecule has 0 radical (unpaired) electrons. The average Bonchev–Trinajstić information content (AvgIpc) is 2.86. The lowest BCUT2D eigenvalue weighted by Gasteiger charge is -2.16. The Hall–Kier alpha value is -1.84. The Kier molecular flexibility index (Phi) is 5.22. The van der Waals surface area contributed by atoms with E-state index in [1.165, 1.54) is 6.20 Å². The third-order valence-electron chi connectivity index (χ3n) is 3.39. The maximum atomic E-state index is 11.9. The lowest BCUT2D eigenvalue weighted by Crippen LogP contribution is -2.35. The number of aliphatic hydroxyl groups excluding tert-OH is 2. The Morgan fingerprint density at radius 2 is 2.36 bits per heavy atom. The molecule has 0 spiro atoms. The minimum atomic E-state index is -0.942. The van der Waals surface area contributed by atoms with Gasteiger partial charge in [0.1, 0.15) is 12.3 Å². The molecular formula is C11H14ClN5O5. The number of nitrogens with zero attached hydrogens (tertiary/aromatic N) is 4. The second-order valence-corrected chi connectivity index (χ2v) is 5.05. The number of ether oxygens (including phenoxy) is 1. The topological polar surface area (TPSA) is 153 Å². The van der Waals surface area contributed by atoms with Crippen molar-refractivity contribution in [2.24, 2.45) is 5.11 Å². The molecule has 0 aromatic carbocycles. The van der Waals surface area contributed by atoms with Crippen LogP contribution < -0.4 is 11.2 Å². The van der Waals surface area contributed by atoms with Gasteiger partial charge in [0.2, 0.25) is 0 Å². The van der Waals surface area contributed by atoms with Crippen LogP contribution in [0, 0.1) is 0 Å². The van der Waals surface area contributed by atoms with Crippen LogP contribution in [0.4, 0.5) is 0 Å². The maximum Gasteiger partial charge on any atom is 0.330 e. The summed E-state index contributed by atoms with van der Waals surface area (Å²) in [6.07, 6.45) is -1.33. The van der Waals surface area contributed by atoms with Gasteiger partial charge in [0.25, 0.3) is 5.56 Å². The number of aromatic amines is 1. The lowest BCUT2D eigenvalue weighted by atomic mass is 10.1. The highest BCUT2D eigenvalue weighted by Crippen LogP contribution is 2.27. The fraction of sp³-hybridized carbons (Fsp3) is 0.636. The van der Waals surface area contributed by atoms with Crippen molar-refractivity contribution in [1.29, 1.82) is 0 Å². The molecule has 1 aliphatic rings. The Labute approximate surface area is 128 Å². The number of alkyl halides is 1. The van der Waals surface area contributed by atoms with Crippen molar-refractivity contribution in [3.63, 3.8) is 0 Å². The SMILES string of the molecule is [N-]=[N+]=NC(CCl)c1cn([C@H]2C[C@H](O)[C@@H](CO)O2)c(=O)[nH]c1=O. The number of rotatable bonds is 5. The van der Waals surface area contributed by atoms with Crippen LogP contribution in [-0.2, 0) is 4.74 Å². The summed E-state index contributed by atoms with van der Waals surface area (Å²) in [5.41, 5.74) is 7.05. The largest absolute Gasteiger partial charge is 0.394 e. The summed E-state index contributed by atoms with van der Waals surface area (Å²) < 4.78 is 6.43. The van der Waals surface area contributed by atoms with Crippen LogP contribution in [0.15, 0.2) is 20.9 Å². The summed E-state index contributed by atoms with van der Waals surface area (Å²) >= 11 is 5.66. The number of aromatic nitrogens is 2. The third-order valence-corrected chi connectivity index (χ3v) is 3.68. The number of nitrogens with one attached hydrogen (secondary N) is 1. The van der Waals surface area contributed by atoms with Gasteiger partial charge < -0.3 is 14.9 Å². The van der Waals surface area contributed by atoms with E-state index in [1.807, 2.05) is 0 Å². The molecule has 4 atom stereocenters.